The van der Waals surface area contributed by atoms with E-state index in [-0.39, 0.29) is 18.6 Å². The summed E-state index contributed by atoms with van der Waals surface area (Å²) in [4.78, 5) is 22.5. The van der Waals surface area contributed by atoms with E-state index >= 15 is 0 Å². The highest BCUT2D eigenvalue weighted by Crippen LogP contribution is 2.20. The van der Waals surface area contributed by atoms with Crippen molar-refractivity contribution in [2.75, 3.05) is 6.61 Å². The zero-order valence-corrected chi connectivity index (χ0v) is 10.7. The van der Waals surface area contributed by atoms with Crippen LogP contribution >= 0.6 is 0 Å². The smallest absolute Gasteiger partial charge is 0.326 e. The summed E-state index contributed by atoms with van der Waals surface area (Å²) in [5.74, 6) is -1.39. The molecule has 1 aliphatic rings. The third kappa shape index (κ3) is 5.31. The molecule has 0 saturated heterocycles. The second kappa shape index (κ2) is 7.87. The van der Waals surface area contributed by atoms with Crippen LogP contribution < -0.4 is 5.32 Å². The number of hydrogen-bond acceptors (Lipinski definition) is 3. The SMILES string of the molecule is C/C=C/CC(NC(=O)COC1CCCC1)C(=O)O. The summed E-state index contributed by atoms with van der Waals surface area (Å²) < 4.78 is 5.43. The van der Waals surface area contributed by atoms with Gasteiger partial charge < -0.3 is 15.2 Å². The van der Waals surface area contributed by atoms with Crippen LogP contribution in [0.5, 0.6) is 0 Å². The predicted octanol–water partition coefficient (Wildman–Crippen LogP) is 1.48. The maximum Gasteiger partial charge on any atom is 0.326 e. The summed E-state index contributed by atoms with van der Waals surface area (Å²) in [7, 11) is 0. The molecule has 0 aliphatic heterocycles. The van der Waals surface area contributed by atoms with Gasteiger partial charge in [-0.3, -0.25) is 4.79 Å². The Balaban J connectivity index is 2.28. The minimum Gasteiger partial charge on any atom is -0.480 e. The Morgan fingerprint density at radius 3 is 2.67 bits per heavy atom. The molecule has 18 heavy (non-hydrogen) atoms. The van der Waals surface area contributed by atoms with Crippen molar-refractivity contribution in [1.82, 2.24) is 5.32 Å². The van der Waals surface area contributed by atoms with Gasteiger partial charge in [-0.2, -0.15) is 0 Å². The lowest BCUT2D eigenvalue weighted by atomic mass is 10.2. The van der Waals surface area contributed by atoms with Crippen LogP contribution in [0.15, 0.2) is 12.2 Å². The van der Waals surface area contributed by atoms with E-state index in [0.717, 1.165) is 25.7 Å². The van der Waals surface area contributed by atoms with Crippen LogP contribution in [0.1, 0.15) is 39.0 Å². The molecule has 1 unspecified atom stereocenters. The zero-order chi connectivity index (χ0) is 13.4. The number of carbonyl (C=O) groups is 2. The Morgan fingerprint density at radius 2 is 2.11 bits per heavy atom. The molecule has 0 spiro atoms. The van der Waals surface area contributed by atoms with E-state index in [1.807, 2.05) is 6.92 Å². The van der Waals surface area contributed by atoms with E-state index in [9.17, 15) is 9.59 Å². The van der Waals surface area contributed by atoms with Crippen LogP contribution in [-0.4, -0.2) is 35.7 Å². The average Bonchev–Trinajstić information content (AvgIpc) is 2.84. The topological polar surface area (TPSA) is 75.6 Å². The first-order chi connectivity index (χ1) is 8.63. The largest absolute Gasteiger partial charge is 0.480 e. The van der Waals surface area contributed by atoms with E-state index in [0.29, 0.717) is 6.42 Å². The Morgan fingerprint density at radius 1 is 1.44 bits per heavy atom. The first kappa shape index (κ1) is 14.7. The molecule has 5 nitrogen and oxygen atoms in total. The molecule has 1 fully saturated rings. The Bertz CT molecular complexity index is 308. The average molecular weight is 255 g/mol. The van der Waals surface area contributed by atoms with Gasteiger partial charge >= 0.3 is 5.97 Å². The number of carbonyl (C=O) groups excluding carboxylic acids is 1. The molecular formula is C13H21NO4. The molecular weight excluding hydrogens is 234 g/mol. The number of aliphatic carboxylic acids is 1. The standard InChI is InChI=1S/C13H21NO4/c1-2-3-8-11(13(16)17)14-12(15)9-18-10-6-4-5-7-10/h2-3,10-11H,4-9H2,1H3,(H,14,15)(H,16,17)/b3-2+. The van der Waals surface area contributed by atoms with Crippen molar-refractivity contribution in [3.8, 4) is 0 Å². The molecule has 1 amide bonds. The molecule has 0 radical (unpaired) electrons. The molecule has 102 valence electrons. The summed E-state index contributed by atoms with van der Waals surface area (Å²) in [6, 6.07) is -0.874. The number of hydrogen-bond donors (Lipinski definition) is 2. The second-order valence-electron chi connectivity index (χ2n) is 4.48. The van der Waals surface area contributed by atoms with E-state index in [2.05, 4.69) is 5.32 Å². The van der Waals surface area contributed by atoms with Crippen molar-refractivity contribution in [3.63, 3.8) is 0 Å². The van der Waals surface area contributed by atoms with Crippen molar-refractivity contribution in [1.29, 1.82) is 0 Å². The minimum atomic E-state index is -1.03. The van der Waals surface area contributed by atoms with Crippen LogP contribution in [0.25, 0.3) is 0 Å². The van der Waals surface area contributed by atoms with E-state index < -0.39 is 12.0 Å². The third-order valence-electron chi connectivity index (χ3n) is 2.99. The number of amides is 1. The minimum absolute atomic E-state index is 0.0513. The van der Waals surface area contributed by atoms with Gasteiger partial charge in [-0.25, -0.2) is 4.79 Å². The van der Waals surface area contributed by atoms with Gasteiger partial charge in [0.2, 0.25) is 5.91 Å². The molecule has 1 rings (SSSR count). The quantitative estimate of drug-likeness (QED) is 0.676. The number of allylic oxidation sites excluding steroid dienone is 1. The molecule has 0 aromatic heterocycles. The van der Waals surface area contributed by atoms with Gasteiger partial charge in [-0.15, -0.1) is 0 Å². The van der Waals surface area contributed by atoms with Crippen molar-refractivity contribution >= 4 is 11.9 Å². The monoisotopic (exact) mass is 255 g/mol. The molecule has 0 heterocycles. The predicted molar refractivity (Wildman–Crippen MR) is 67.2 cm³/mol. The lowest BCUT2D eigenvalue weighted by molar-refractivity contribution is -0.142. The van der Waals surface area contributed by atoms with Crippen molar-refractivity contribution in [2.45, 2.75) is 51.2 Å². The first-order valence-corrected chi connectivity index (χ1v) is 6.38. The number of carboxylic acids is 1. The van der Waals surface area contributed by atoms with Crippen molar-refractivity contribution < 1.29 is 19.4 Å². The zero-order valence-electron chi connectivity index (χ0n) is 10.7. The van der Waals surface area contributed by atoms with Crippen LogP contribution in [-0.2, 0) is 14.3 Å². The molecule has 2 N–H and O–H groups in total. The van der Waals surface area contributed by atoms with Crippen LogP contribution in [0, 0.1) is 0 Å². The number of ether oxygens (including phenoxy) is 1. The molecule has 0 aromatic carbocycles. The highest BCUT2D eigenvalue weighted by Gasteiger charge is 2.20. The highest BCUT2D eigenvalue weighted by molar-refractivity contribution is 5.84. The van der Waals surface area contributed by atoms with Gasteiger partial charge in [0.05, 0.1) is 6.10 Å². The lowest BCUT2D eigenvalue weighted by Gasteiger charge is -2.14. The number of carboxylic acid groups (broad SMARTS) is 1. The second-order valence-corrected chi connectivity index (χ2v) is 4.48. The fraction of sp³-hybridized carbons (Fsp3) is 0.692. The van der Waals surface area contributed by atoms with Gasteiger partial charge in [0.25, 0.3) is 0 Å². The van der Waals surface area contributed by atoms with E-state index in [1.54, 1.807) is 12.2 Å². The van der Waals surface area contributed by atoms with Crippen LogP contribution in [0.3, 0.4) is 0 Å². The number of rotatable bonds is 7. The van der Waals surface area contributed by atoms with Crippen LogP contribution in [0.4, 0.5) is 0 Å². The molecule has 0 bridgehead atoms. The van der Waals surface area contributed by atoms with Crippen molar-refractivity contribution in [3.05, 3.63) is 12.2 Å². The molecule has 1 aliphatic carbocycles. The van der Waals surface area contributed by atoms with Gasteiger partial charge in [0.15, 0.2) is 0 Å². The summed E-state index contributed by atoms with van der Waals surface area (Å²) in [6.07, 6.45) is 8.21. The summed E-state index contributed by atoms with van der Waals surface area (Å²) in [5, 5.41) is 11.4. The van der Waals surface area contributed by atoms with Gasteiger partial charge in [-0.1, -0.05) is 25.0 Å². The van der Waals surface area contributed by atoms with E-state index in [4.69, 9.17) is 9.84 Å². The fourth-order valence-electron chi connectivity index (χ4n) is 1.98. The lowest BCUT2D eigenvalue weighted by Crippen LogP contribution is -2.42. The normalized spacial score (nSPS) is 18.1. The number of nitrogens with one attached hydrogen (secondary N) is 1. The van der Waals surface area contributed by atoms with E-state index in [1.165, 1.54) is 0 Å². The Labute approximate surface area is 107 Å². The maximum absolute atomic E-state index is 11.6. The highest BCUT2D eigenvalue weighted by atomic mass is 16.5. The Kier molecular flexibility index (Phi) is 6.43. The first-order valence-electron chi connectivity index (χ1n) is 6.38. The van der Waals surface area contributed by atoms with Gasteiger partial charge in [-0.05, 0) is 26.2 Å². The molecule has 1 saturated carbocycles. The summed E-state index contributed by atoms with van der Waals surface area (Å²) >= 11 is 0. The van der Waals surface area contributed by atoms with Crippen molar-refractivity contribution in [2.24, 2.45) is 0 Å². The maximum atomic E-state index is 11.6. The Hall–Kier alpha value is -1.36. The molecule has 5 heteroatoms. The third-order valence-corrected chi connectivity index (χ3v) is 2.99. The summed E-state index contributed by atoms with van der Waals surface area (Å²) in [6.45, 7) is 1.76. The summed E-state index contributed by atoms with van der Waals surface area (Å²) in [5.41, 5.74) is 0. The van der Waals surface area contributed by atoms with Gasteiger partial charge in [0.1, 0.15) is 12.6 Å². The fourth-order valence-corrected chi connectivity index (χ4v) is 1.98. The molecule has 1 atom stereocenters. The molecule has 0 aromatic rings. The van der Waals surface area contributed by atoms with Crippen LogP contribution in [0.2, 0.25) is 0 Å². The van der Waals surface area contributed by atoms with Gasteiger partial charge in [0, 0.05) is 0 Å².